The van der Waals surface area contributed by atoms with E-state index < -0.39 is 11.7 Å². The summed E-state index contributed by atoms with van der Waals surface area (Å²) in [7, 11) is 1.90. The van der Waals surface area contributed by atoms with Gasteiger partial charge in [0, 0.05) is 10.4 Å². The van der Waals surface area contributed by atoms with Gasteiger partial charge in [-0.3, -0.25) is 4.79 Å². The minimum Gasteiger partial charge on any atom is -0.333 e. The number of halogens is 3. The van der Waals surface area contributed by atoms with Crippen LogP contribution < -0.4 is 10.2 Å². The van der Waals surface area contributed by atoms with Gasteiger partial charge in [-0.1, -0.05) is 12.1 Å². The number of nitrogens with zero attached hydrogens (tertiary/aromatic N) is 1. The number of benzene rings is 1. The molecule has 29 heavy (non-hydrogen) atoms. The molecule has 0 spiro atoms. The average Bonchev–Trinajstić information content (AvgIpc) is 3.03. The maximum Gasteiger partial charge on any atom is 0.416 e. The molecule has 2 N–H and O–H groups in total. The molecule has 0 saturated carbocycles. The molecule has 4 nitrogen and oxygen atoms in total. The Hall–Kier alpha value is -2.37. The van der Waals surface area contributed by atoms with Crippen LogP contribution in [0.5, 0.6) is 0 Å². The molecular formula is C21H23F3N3OS+. The monoisotopic (exact) mass is 422 g/mol. The van der Waals surface area contributed by atoms with Crippen molar-refractivity contribution in [2.45, 2.75) is 44.8 Å². The first-order valence-electron chi connectivity index (χ1n) is 9.60. The number of hydrogen-bond acceptors (Lipinski definition) is 3. The molecule has 0 fully saturated rings. The Balaban J connectivity index is 1.52. The van der Waals surface area contributed by atoms with E-state index in [2.05, 4.69) is 11.4 Å². The van der Waals surface area contributed by atoms with Gasteiger partial charge in [-0.2, -0.15) is 18.4 Å². The van der Waals surface area contributed by atoms with Crippen molar-refractivity contribution in [1.29, 1.82) is 5.26 Å². The van der Waals surface area contributed by atoms with Crippen LogP contribution in [-0.2, 0) is 30.4 Å². The third-order valence-electron chi connectivity index (χ3n) is 5.10. The van der Waals surface area contributed by atoms with E-state index in [1.54, 1.807) is 0 Å². The summed E-state index contributed by atoms with van der Waals surface area (Å²) in [4.78, 5) is 14.6. The molecule has 1 heterocycles. The van der Waals surface area contributed by atoms with Gasteiger partial charge in [-0.05, 0) is 43.4 Å². The molecule has 1 aliphatic carbocycles. The maximum absolute atomic E-state index is 12.6. The van der Waals surface area contributed by atoms with Crippen LogP contribution in [0.3, 0.4) is 0 Å². The zero-order valence-electron chi connectivity index (χ0n) is 16.2. The highest BCUT2D eigenvalue weighted by Gasteiger charge is 2.30. The van der Waals surface area contributed by atoms with E-state index in [0.717, 1.165) is 53.8 Å². The standard InChI is InChI=1S/C21H22F3N3OS/c1-27(13-14-6-8-15(9-7-14)21(22,23)24)11-10-19(28)26-20-17(12-25)16-4-2-3-5-18(16)29-20/h6-9H,2-5,10-11,13H2,1H3,(H,26,28)/p+1. The smallest absolute Gasteiger partial charge is 0.333 e. The van der Waals surface area contributed by atoms with Gasteiger partial charge < -0.3 is 10.2 Å². The fourth-order valence-corrected chi connectivity index (χ4v) is 4.79. The highest BCUT2D eigenvalue weighted by atomic mass is 32.1. The SMILES string of the molecule is C[NH+](CCC(=O)Nc1sc2c(c1C#N)CCCC2)Cc1ccc(C(F)(F)F)cc1. The molecule has 0 saturated heterocycles. The number of alkyl halides is 3. The third kappa shape index (κ3) is 5.37. The zero-order valence-corrected chi connectivity index (χ0v) is 17.0. The fourth-order valence-electron chi connectivity index (χ4n) is 3.54. The van der Waals surface area contributed by atoms with Gasteiger partial charge in [0.05, 0.1) is 31.1 Å². The van der Waals surface area contributed by atoms with Crippen molar-refractivity contribution in [3.8, 4) is 6.07 Å². The molecule has 2 aromatic rings. The number of quaternary nitrogens is 1. The Morgan fingerprint density at radius 3 is 2.59 bits per heavy atom. The summed E-state index contributed by atoms with van der Waals surface area (Å²) < 4.78 is 37.9. The van der Waals surface area contributed by atoms with Crippen molar-refractivity contribution in [1.82, 2.24) is 0 Å². The van der Waals surface area contributed by atoms with E-state index >= 15 is 0 Å². The molecule has 0 radical (unpaired) electrons. The van der Waals surface area contributed by atoms with E-state index in [-0.39, 0.29) is 12.3 Å². The number of nitrogens with one attached hydrogen (secondary N) is 2. The minimum atomic E-state index is -4.33. The van der Waals surface area contributed by atoms with E-state index in [1.165, 1.54) is 28.3 Å². The number of nitriles is 1. The predicted molar refractivity (Wildman–Crippen MR) is 106 cm³/mol. The molecule has 3 rings (SSSR count). The molecule has 0 aliphatic heterocycles. The number of rotatable bonds is 6. The number of carbonyl (C=O) groups excluding carboxylic acids is 1. The van der Waals surface area contributed by atoms with Crippen molar-refractivity contribution in [2.75, 3.05) is 18.9 Å². The lowest BCUT2D eigenvalue weighted by molar-refractivity contribution is -0.893. The Morgan fingerprint density at radius 1 is 1.24 bits per heavy atom. The van der Waals surface area contributed by atoms with E-state index in [1.807, 2.05) is 7.05 Å². The first kappa shape index (κ1) is 21.3. The Bertz CT molecular complexity index is 913. The Kier molecular flexibility index (Phi) is 6.60. The molecule has 1 aliphatic rings. The molecule has 1 aromatic carbocycles. The van der Waals surface area contributed by atoms with Gasteiger partial charge in [0.25, 0.3) is 0 Å². The largest absolute Gasteiger partial charge is 0.416 e. The molecule has 1 amide bonds. The van der Waals surface area contributed by atoms with E-state index in [4.69, 9.17) is 0 Å². The number of thiophene rings is 1. The van der Waals surface area contributed by atoms with Crippen LogP contribution in [0.4, 0.5) is 18.2 Å². The summed E-state index contributed by atoms with van der Waals surface area (Å²) in [6, 6.07) is 7.34. The maximum atomic E-state index is 12.6. The van der Waals surface area contributed by atoms with Crippen LogP contribution in [0.25, 0.3) is 0 Å². The number of aryl methyl sites for hydroxylation is 1. The second-order valence-electron chi connectivity index (χ2n) is 7.40. The molecule has 8 heteroatoms. The summed E-state index contributed by atoms with van der Waals surface area (Å²) in [5, 5.41) is 13.0. The van der Waals surface area contributed by atoms with Crippen LogP contribution in [0, 0.1) is 11.3 Å². The number of anilines is 1. The zero-order chi connectivity index (χ0) is 21.0. The van der Waals surface area contributed by atoms with Gasteiger partial charge >= 0.3 is 6.18 Å². The molecule has 1 aromatic heterocycles. The Labute approximate surface area is 171 Å². The quantitative estimate of drug-likeness (QED) is 0.748. The predicted octanol–water partition coefficient (Wildman–Crippen LogP) is 3.56. The highest BCUT2D eigenvalue weighted by molar-refractivity contribution is 7.16. The van der Waals surface area contributed by atoms with Crippen LogP contribution >= 0.6 is 11.3 Å². The average molecular weight is 422 g/mol. The lowest BCUT2D eigenvalue weighted by Gasteiger charge is -2.14. The summed E-state index contributed by atoms with van der Waals surface area (Å²) >= 11 is 1.50. The van der Waals surface area contributed by atoms with Gasteiger partial charge in [0.1, 0.15) is 17.6 Å². The van der Waals surface area contributed by atoms with Gasteiger partial charge in [-0.15, -0.1) is 11.3 Å². The van der Waals surface area contributed by atoms with Crippen molar-refractivity contribution < 1.29 is 22.9 Å². The number of amides is 1. The minimum absolute atomic E-state index is 0.146. The van der Waals surface area contributed by atoms with Crippen molar-refractivity contribution in [2.24, 2.45) is 0 Å². The highest BCUT2D eigenvalue weighted by Crippen LogP contribution is 2.37. The number of fused-ring (bicyclic) bond motifs is 1. The molecule has 1 atom stereocenters. The lowest BCUT2D eigenvalue weighted by atomic mass is 9.96. The first-order chi connectivity index (χ1) is 13.8. The van der Waals surface area contributed by atoms with Crippen molar-refractivity contribution in [3.63, 3.8) is 0 Å². The second kappa shape index (κ2) is 8.97. The van der Waals surface area contributed by atoms with Crippen LogP contribution in [0.15, 0.2) is 24.3 Å². The van der Waals surface area contributed by atoms with Gasteiger partial charge in [0.2, 0.25) is 5.91 Å². The molecule has 1 unspecified atom stereocenters. The molecule has 154 valence electrons. The van der Waals surface area contributed by atoms with E-state index in [0.29, 0.717) is 23.7 Å². The summed E-state index contributed by atoms with van der Waals surface area (Å²) in [5.41, 5.74) is 1.81. The van der Waals surface area contributed by atoms with Crippen molar-refractivity contribution in [3.05, 3.63) is 51.4 Å². The first-order valence-corrected chi connectivity index (χ1v) is 10.4. The Morgan fingerprint density at radius 2 is 1.93 bits per heavy atom. The normalized spacial score (nSPS) is 14.7. The fraction of sp³-hybridized carbons (Fsp3) is 0.429. The van der Waals surface area contributed by atoms with Crippen LogP contribution in [0.1, 0.15) is 46.4 Å². The molecular weight excluding hydrogens is 399 g/mol. The lowest BCUT2D eigenvalue weighted by Crippen LogP contribution is -3.07. The van der Waals surface area contributed by atoms with Crippen molar-refractivity contribution >= 4 is 22.2 Å². The number of hydrogen-bond donors (Lipinski definition) is 2. The second-order valence-corrected chi connectivity index (χ2v) is 8.51. The third-order valence-corrected chi connectivity index (χ3v) is 6.31. The van der Waals surface area contributed by atoms with Gasteiger partial charge in [-0.25, -0.2) is 0 Å². The van der Waals surface area contributed by atoms with Gasteiger partial charge in [0.15, 0.2) is 0 Å². The van der Waals surface area contributed by atoms with Crippen LogP contribution in [-0.4, -0.2) is 19.5 Å². The van der Waals surface area contributed by atoms with E-state index in [9.17, 15) is 23.2 Å². The summed E-state index contributed by atoms with van der Waals surface area (Å²) in [5.74, 6) is -0.146. The summed E-state index contributed by atoms with van der Waals surface area (Å²) in [6.45, 7) is 1.07. The topological polar surface area (TPSA) is 57.3 Å². The number of carbonyl (C=O) groups is 1. The molecule has 0 bridgehead atoms. The van der Waals surface area contributed by atoms with Crippen LogP contribution in [0.2, 0.25) is 0 Å². The summed E-state index contributed by atoms with van der Waals surface area (Å²) in [6.07, 6.45) is -0.0124.